The molecule has 0 N–H and O–H groups in total. The van der Waals surface area contributed by atoms with E-state index in [9.17, 15) is 72.1 Å². The van der Waals surface area contributed by atoms with Gasteiger partial charge in [0.05, 0.1) is 33.0 Å². The summed E-state index contributed by atoms with van der Waals surface area (Å²) < 4.78 is 289. The summed E-state index contributed by atoms with van der Waals surface area (Å²) in [7, 11) is -37.8. The molecule has 0 saturated heterocycles. The van der Waals surface area contributed by atoms with Crippen molar-refractivity contribution in [2.45, 2.75) is 97.8 Å². The van der Waals surface area contributed by atoms with Crippen LogP contribution in [0.15, 0.2) is 0 Å². The molecular weight excluding hydrogens is 1080 g/mol. The summed E-state index contributed by atoms with van der Waals surface area (Å²) >= 11 is 0. The second-order valence-electron chi connectivity index (χ2n) is 12.6. The van der Waals surface area contributed by atoms with Gasteiger partial charge in [0.15, 0.2) is 11.7 Å². The predicted molar refractivity (Wildman–Crippen MR) is 219 cm³/mol. The van der Waals surface area contributed by atoms with Crippen LogP contribution in [0.25, 0.3) is 0 Å². The van der Waals surface area contributed by atoms with Crippen LogP contribution in [0.5, 0.6) is 0 Å². The van der Waals surface area contributed by atoms with E-state index in [1.165, 1.54) is 34.8 Å². The Morgan fingerprint density at radius 2 is 0.836 bits per heavy atom. The van der Waals surface area contributed by atoms with Gasteiger partial charge in [-0.1, -0.05) is 13.8 Å². The van der Waals surface area contributed by atoms with Gasteiger partial charge in [-0.25, -0.2) is 20.9 Å². The van der Waals surface area contributed by atoms with Gasteiger partial charge in [0.1, 0.15) is 0 Å². The molecule has 0 saturated carbocycles. The topological polar surface area (TPSA) is 368 Å². The predicted octanol–water partition coefficient (Wildman–Crippen LogP) is -0.511. The first-order valence-corrected chi connectivity index (χ1v) is 29.2. The van der Waals surface area contributed by atoms with Crippen LogP contribution < -0.4 is 0 Å². The molecule has 0 spiro atoms. The lowest BCUT2D eigenvalue weighted by Gasteiger charge is -2.26. The van der Waals surface area contributed by atoms with Gasteiger partial charge in [0.2, 0.25) is 27.2 Å². The van der Waals surface area contributed by atoms with Gasteiger partial charge in [-0.15, -0.1) is 3.63 Å². The summed E-state index contributed by atoms with van der Waals surface area (Å²) in [6, 6.07) is 0. The molecule has 0 heterocycles. The first-order chi connectivity index (χ1) is 30.7. The third-order valence-electron chi connectivity index (χ3n) is 7.49. The zero-order valence-electron chi connectivity index (χ0n) is 37.2. The molecule has 0 rings (SSSR count). The zero-order valence-corrected chi connectivity index (χ0v) is 42.9. The van der Waals surface area contributed by atoms with Crippen molar-refractivity contribution in [1.29, 1.82) is 0 Å². The van der Waals surface area contributed by atoms with E-state index >= 15 is 0 Å². The molecule has 0 amide bonds. The molecule has 7 unspecified atom stereocenters. The molecule has 0 bridgehead atoms. The largest absolute Gasteiger partial charge is 0.523 e. The van der Waals surface area contributed by atoms with E-state index in [4.69, 9.17) is 36.8 Å². The number of hydrogen-bond acceptors (Lipinski definition) is 28. The highest BCUT2D eigenvalue weighted by molar-refractivity contribution is 8.00. The molecule has 0 aliphatic rings. The molecule has 7 atom stereocenters. The molecule has 0 aliphatic carbocycles. The summed E-state index contributed by atoms with van der Waals surface area (Å²) in [5.41, 5.74) is -23.6. The maximum Gasteiger partial charge on any atom is 0.523 e. The molecule has 0 radical (unpaired) electrons. The fourth-order valence-electron chi connectivity index (χ4n) is 4.28. The maximum absolute atomic E-state index is 13.8. The Morgan fingerprint density at radius 1 is 0.433 bits per heavy atom. The number of alkyl halides is 3. The molecule has 67 heavy (non-hydrogen) atoms. The minimum atomic E-state index is -6.73. The van der Waals surface area contributed by atoms with Gasteiger partial charge in [-0.3, -0.25) is 0 Å². The number of ether oxygens (including phenoxy) is 8. The monoisotopic (exact) mass is 1130 g/mol. The summed E-state index contributed by atoms with van der Waals surface area (Å²) in [6.45, 7) is -2.04. The van der Waals surface area contributed by atoms with Crippen LogP contribution in [0.2, 0.25) is 0 Å². The zero-order chi connectivity index (χ0) is 52.1. The third kappa shape index (κ3) is 22.5. The molecule has 404 valence electrons. The van der Waals surface area contributed by atoms with Crippen LogP contribution in [0, 0.1) is 0 Å². The standard InChI is InChI=1S/C29H57F3O28S7/c1-9-22(50-8)54-23(10-2)65(41,42)60-66(43,44)24(14-17-53-16-13-15-47-5)55-63(37,38)27(20-51-11-3)58-64(39,40)28(21-52-12-4)57-61(33,34)25(18-48-6)56-62(35,36)26(19-49-7)59-67(45,46)29(30,31)32/h22-28H,9-21H2,1-8H3. The molecular formula is C29H57F3O28S7. The van der Waals surface area contributed by atoms with Crippen molar-refractivity contribution >= 4 is 70.8 Å². The van der Waals surface area contributed by atoms with Crippen molar-refractivity contribution < 1.29 is 135 Å². The lowest BCUT2D eigenvalue weighted by molar-refractivity contribution is -0.137. The summed E-state index contributed by atoms with van der Waals surface area (Å²) in [6.07, 6.45) is -2.35. The highest BCUT2D eigenvalue weighted by Crippen LogP contribution is 2.29. The number of methoxy groups -OCH3 is 4. The normalized spacial score (nSPS) is 17.1. The Hall–Kier alpha value is -1.12. The van der Waals surface area contributed by atoms with E-state index in [0.717, 1.165) is 7.11 Å². The van der Waals surface area contributed by atoms with E-state index in [2.05, 4.69) is 25.7 Å². The SMILES string of the molecule is CCOCC(OS(=O)(=O)C(COC)OS(=O)(=O)C(COC)OS(=O)(=O)C(F)(F)F)S(=O)(=O)OC(COCC)S(=O)(=O)OC(CCOCCCOC)S(=O)(=O)OS(=O)(=O)C(CC)OC(CC)OC. The van der Waals surface area contributed by atoms with E-state index < -0.39 is 174 Å². The Morgan fingerprint density at radius 3 is 1.19 bits per heavy atom. The lowest BCUT2D eigenvalue weighted by Crippen LogP contribution is -2.45. The van der Waals surface area contributed by atoms with Crippen molar-refractivity contribution in [2.24, 2.45) is 0 Å². The summed E-state index contributed by atoms with van der Waals surface area (Å²) in [5.74, 6) is 0. The average molecular weight is 1140 g/mol. The van der Waals surface area contributed by atoms with Crippen LogP contribution >= 0.6 is 0 Å². The van der Waals surface area contributed by atoms with Crippen molar-refractivity contribution in [1.82, 2.24) is 0 Å². The van der Waals surface area contributed by atoms with Gasteiger partial charge in [-0.05, 0) is 33.1 Å². The van der Waals surface area contributed by atoms with Gasteiger partial charge in [-0.2, -0.15) is 72.1 Å². The third-order valence-corrected chi connectivity index (χ3v) is 18.2. The van der Waals surface area contributed by atoms with E-state index in [1.54, 1.807) is 0 Å². The summed E-state index contributed by atoms with van der Waals surface area (Å²) in [4.78, 5) is 0. The summed E-state index contributed by atoms with van der Waals surface area (Å²) in [5, 5.41) is 0. The average Bonchev–Trinajstić information content (AvgIpc) is 3.20. The fraction of sp³-hybridized carbons (Fsp3) is 1.00. The van der Waals surface area contributed by atoms with Gasteiger partial charge < -0.3 is 37.9 Å². The van der Waals surface area contributed by atoms with Crippen molar-refractivity contribution in [2.75, 3.05) is 87.9 Å². The minimum Gasteiger partial charge on any atom is -0.385 e. The highest BCUT2D eigenvalue weighted by Gasteiger charge is 2.52. The maximum atomic E-state index is 13.8. The molecule has 38 heteroatoms. The molecule has 0 aromatic rings. The Bertz CT molecular complexity index is 2240. The van der Waals surface area contributed by atoms with E-state index in [-0.39, 0.29) is 26.1 Å². The smallest absolute Gasteiger partial charge is 0.385 e. The van der Waals surface area contributed by atoms with Gasteiger partial charge in [0, 0.05) is 61.3 Å². The molecule has 0 fully saturated rings. The van der Waals surface area contributed by atoms with Crippen LogP contribution in [0.3, 0.4) is 0 Å². The Balaban J connectivity index is 7.19. The van der Waals surface area contributed by atoms with Crippen LogP contribution in [0.1, 0.15) is 53.4 Å². The number of hydrogen-bond donors (Lipinski definition) is 0. The highest BCUT2D eigenvalue weighted by atomic mass is 32.3. The quantitative estimate of drug-likeness (QED) is 0.0323. The second-order valence-corrected chi connectivity index (χ2v) is 24.5. The van der Waals surface area contributed by atoms with Crippen molar-refractivity contribution in [3.05, 3.63) is 0 Å². The fourth-order valence-corrected chi connectivity index (χ4v) is 14.2. The van der Waals surface area contributed by atoms with Crippen LogP contribution in [-0.2, 0) is 133 Å². The van der Waals surface area contributed by atoms with Crippen molar-refractivity contribution in [3.8, 4) is 0 Å². The number of rotatable bonds is 40. The van der Waals surface area contributed by atoms with Gasteiger partial charge in [0.25, 0.3) is 40.5 Å². The molecule has 0 aliphatic heterocycles. The molecule has 0 aromatic carbocycles. The van der Waals surface area contributed by atoms with E-state index in [0.29, 0.717) is 14.2 Å². The van der Waals surface area contributed by atoms with Gasteiger partial charge >= 0.3 is 35.9 Å². The van der Waals surface area contributed by atoms with E-state index in [1.807, 2.05) is 0 Å². The second kappa shape index (κ2) is 29.4. The number of halogens is 3. The minimum absolute atomic E-state index is 0.0724. The van der Waals surface area contributed by atoms with Crippen LogP contribution in [-0.4, -0.2) is 191 Å². The Labute approximate surface area is 389 Å². The molecule has 28 nitrogen and oxygen atoms in total. The van der Waals surface area contributed by atoms with Crippen molar-refractivity contribution in [3.63, 3.8) is 0 Å². The first-order valence-electron chi connectivity index (χ1n) is 19.0. The molecule has 0 aromatic heterocycles. The first kappa shape index (κ1) is 65.9. The van der Waals surface area contributed by atoms with Crippen LogP contribution in [0.4, 0.5) is 13.2 Å². The Kier molecular flexibility index (Phi) is 28.9. The lowest BCUT2D eigenvalue weighted by atomic mass is 10.4.